The molecule has 2 aromatic rings. The minimum atomic E-state index is 0.0811. The molecule has 2 nitrogen and oxygen atoms in total. The molecule has 0 aliphatic carbocycles. The highest BCUT2D eigenvalue weighted by molar-refractivity contribution is 6.35. The van der Waals surface area contributed by atoms with Crippen molar-refractivity contribution in [3.63, 3.8) is 0 Å². The van der Waals surface area contributed by atoms with E-state index in [1.165, 1.54) is 5.56 Å². The van der Waals surface area contributed by atoms with Crippen molar-refractivity contribution >= 4 is 22.6 Å². The molecule has 0 aliphatic heterocycles. The zero-order valence-electron chi connectivity index (χ0n) is 9.48. The number of H-pyrrole nitrogens is 1. The Bertz CT molecular complexity index is 506. The Kier molecular flexibility index (Phi) is 2.27. The van der Waals surface area contributed by atoms with E-state index in [2.05, 4.69) is 36.8 Å². The van der Waals surface area contributed by atoms with Crippen LogP contribution in [0.5, 0.6) is 0 Å². The summed E-state index contributed by atoms with van der Waals surface area (Å²) < 4.78 is 0. The predicted octanol–water partition coefficient (Wildman–Crippen LogP) is 3.82. The number of nitrogens with one attached hydrogen (secondary N) is 1. The van der Waals surface area contributed by atoms with Crippen molar-refractivity contribution in [2.45, 2.75) is 33.1 Å². The van der Waals surface area contributed by atoms with Crippen molar-refractivity contribution in [2.75, 3.05) is 0 Å². The number of fused-ring (bicyclic) bond motifs is 1. The van der Waals surface area contributed by atoms with E-state index < -0.39 is 0 Å². The van der Waals surface area contributed by atoms with Crippen LogP contribution in [0.4, 0.5) is 0 Å². The molecule has 0 unspecified atom stereocenters. The lowest BCUT2D eigenvalue weighted by molar-refractivity contribution is 0.594. The van der Waals surface area contributed by atoms with Gasteiger partial charge in [0.25, 0.3) is 0 Å². The zero-order valence-corrected chi connectivity index (χ0v) is 10.2. The van der Waals surface area contributed by atoms with Gasteiger partial charge in [0.05, 0.1) is 5.02 Å². The number of aromatic nitrogens is 2. The van der Waals surface area contributed by atoms with E-state index in [0.717, 1.165) is 21.7 Å². The van der Waals surface area contributed by atoms with Crippen LogP contribution >= 0.6 is 11.6 Å². The van der Waals surface area contributed by atoms with Gasteiger partial charge < -0.3 is 4.98 Å². The van der Waals surface area contributed by atoms with Gasteiger partial charge >= 0.3 is 0 Å². The number of hydrogen-bond donors (Lipinski definition) is 1. The summed E-state index contributed by atoms with van der Waals surface area (Å²) in [7, 11) is 0. The van der Waals surface area contributed by atoms with Crippen molar-refractivity contribution in [3.05, 3.63) is 28.5 Å². The van der Waals surface area contributed by atoms with Gasteiger partial charge in [-0.1, -0.05) is 32.4 Å². The molecule has 0 saturated heterocycles. The molecule has 0 atom stereocenters. The molecule has 0 bridgehead atoms. The molecule has 0 radical (unpaired) electrons. The van der Waals surface area contributed by atoms with E-state index in [-0.39, 0.29) is 5.41 Å². The van der Waals surface area contributed by atoms with Crippen LogP contribution in [0.1, 0.15) is 32.0 Å². The lowest BCUT2D eigenvalue weighted by atomic mass is 9.85. The van der Waals surface area contributed by atoms with Gasteiger partial charge in [0.2, 0.25) is 0 Å². The van der Waals surface area contributed by atoms with Crippen molar-refractivity contribution in [1.82, 2.24) is 9.97 Å². The van der Waals surface area contributed by atoms with E-state index in [1.807, 2.05) is 6.92 Å². The number of hydrogen-bond acceptors (Lipinski definition) is 1. The fourth-order valence-corrected chi connectivity index (χ4v) is 2.06. The summed E-state index contributed by atoms with van der Waals surface area (Å²) in [5.74, 6) is 0. The number of pyridine rings is 1. The molecule has 2 heterocycles. The highest BCUT2D eigenvalue weighted by Gasteiger charge is 2.20. The number of halogens is 1. The van der Waals surface area contributed by atoms with Gasteiger partial charge in [0, 0.05) is 17.3 Å². The number of rotatable bonds is 0. The highest BCUT2D eigenvalue weighted by Crippen LogP contribution is 2.33. The maximum atomic E-state index is 6.16. The minimum Gasteiger partial charge on any atom is -0.345 e. The average Bonchev–Trinajstić information content (AvgIpc) is 2.44. The molecule has 80 valence electrons. The first-order valence-corrected chi connectivity index (χ1v) is 5.42. The largest absolute Gasteiger partial charge is 0.345 e. The van der Waals surface area contributed by atoms with Crippen molar-refractivity contribution in [1.29, 1.82) is 0 Å². The van der Waals surface area contributed by atoms with E-state index >= 15 is 0 Å². The van der Waals surface area contributed by atoms with E-state index in [1.54, 1.807) is 6.20 Å². The molecule has 0 saturated carbocycles. The molecule has 2 rings (SSSR count). The Morgan fingerprint density at radius 3 is 2.60 bits per heavy atom. The molecule has 0 spiro atoms. The van der Waals surface area contributed by atoms with Gasteiger partial charge in [-0.05, 0) is 24.0 Å². The fourth-order valence-electron chi connectivity index (χ4n) is 1.81. The molecule has 0 aliphatic rings. The van der Waals surface area contributed by atoms with E-state index in [9.17, 15) is 0 Å². The third-order valence-corrected chi connectivity index (χ3v) is 2.83. The van der Waals surface area contributed by atoms with Gasteiger partial charge in [0.1, 0.15) is 5.65 Å². The van der Waals surface area contributed by atoms with Crippen LogP contribution in [0.15, 0.2) is 12.3 Å². The number of aryl methyl sites for hydroxylation is 1. The third-order valence-electron chi connectivity index (χ3n) is 2.53. The summed E-state index contributed by atoms with van der Waals surface area (Å²) in [6.45, 7) is 8.56. The van der Waals surface area contributed by atoms with Crippen LogP contribution in [0.2, 0.25) is 5.02 Å². The lowest BCUT2D eigenvalue weighted by Gasteiger charge is -2.20. The third kappa shape index (κ3) is 1.74. The minimum absolute atomic E-state index is 0.0811. The van der Waals surface area contributed by atoms with Gasteiger partial charge in [-0.3, -0.25) is 0 Å². The lowest BCUT2D eigenvalue weighted by Crippen LogP contribution is -2.12. The molecular formula is C12H15ClN2. The van der Waals surface area contributed by atoms with E-state index in [4.69, 9.17) is 11.6 Å². The van der Waals surface area contributed by atoms with Crippen LogP contribution < -0.4 is 0 Å². The summed E-state index contributed by atoms with van der Waals surface area (Å²) in [5, 5.41) is 1.80. The maximum absolute atomic E-state index is 6.16. The van der Waals surface area contributed by atoms with Crippen LogP contribution in [-0.2, 0) is 5.41 Å². The SMILES string of the molecule is Cc1cc(C(C)(C)C)c2c(Cl)c[nH]c2n1. The van der Waals surface area contributed by atoms with Gasteiger partial charge in [-0.15, -0.1) is 0 Å². The Balaban J connectivity index is 2.87. The van der Waals surface area contributed by atoms with Crippen molar-refractivity contribution in [3.8, 4) is 0 Å². The summed E-state index contributed by atoms with van der Waals surface area (Å²) in [5.41, 5.74) is 3.23. The van der Waals surface area contributed by atoms with Gasteiger partial charge in [0.15, 0.2) is 0 Å². The first-order valence-electron chi connectivity index (χ1n) is 5.04. The Labute approximate surface area is 94.7 Å². The van der Waals surface area contributed by atoms with Gasteiger partial charge in [-0.25, -0.2) is 4.98 Å². The van der Waals surface area contributed by atoms with Crippen LogP contribution in [0.25, 0.3) is 11.0 Å². The summed E-state index contributed by atoms with van der Waals surface area (Å²) in [4.78, 5) is 7.53. The van der Waals surface area contributed by atoms with Crippen molar-refractivity contribution in [2.24, 2.45) is 0 Å². The maximum Gasteiger partial charge on any atom is 0.139 e. The molecule has 1 N–H and O–H groups in total. The Morgan fingerprint density at radius 2 is 2.00 bits per heavy atom. The quantitative estimate of drug-likeness (QED) is 0.721. The second kappa shape index (κ2) is 3.24. The summed E-state index contributed by atoms with van der Waals surface area (Å²) in [6, 6.07) is 2.11. The molecular weight excluding hydrogens is 208 g/mol. The number of nitrogens with zero attached hydrogens (tertiary/aromatic N) is 1. The first kappa shape index (κ1) is 10.5. The normalized spacial score (nSPS) is 12.3. The van der Waals surface area contributed by atoms with Crippen LogP contribution in [-0.4, -0.2) is 9.97 Å². The standard InChI is InChI=1S/C12H15ClN2/c1-7-5-8(12(2,3)4)10-9(13)6-14-11(10)15-7/h5-6H,1-4H3,(H,14,15). The smallest absolute Gasteiger partial charge is 0.139 e. The summed E-state index contributed by atoms with van der Waals surface area (Å²) in [6.07, 6.45) is 1.80. The molecule has 0 amide bonds. The second-order valence-electron chi connectivity index (χ2n) is 4.92. The second-order valence-corrected chi connectivity index (χ2v) is 5.33. The zero-order chi connectivity index (χ0) is 11.2. The van der Waals surface area contributed by atoms with E-state index in [0.29, 0.717) is 0 Å². The molecule has 0 fully saturated rings. The monoisotopic (exact) mass is 222 g/mol. The van der Waals surface area contributed by atoms with Crippen LogP contribution in [0.3, 0.4) is 0 Å². The highest BCUT2D eigenvalue weighted by atomic mass is 35.5. The molecule has 2 aromatic heterocycles. The summed E-state index contributed by atoms with van der Waals surface area (Å²) >= 11 is 6.16. The average molecular weight is 223 g/mol. The predicted molar refractivity (Wildman–Crippen MR) is 64.5 cm³/mol. The van der Waals surface area contributed by atoms with Crippen LogP contribution in [0, 0.1) is 6.92 Å². The number of aromatic amines is 1. The van der Waals surface area contributed by atoms with Gasteiger partial charge in [-0.2, -0.15) is 0 Å². The topological polar surface area (TPSA) is 28.7 Å². The van der Waals surface area contributed by atoms with Crippen molar-refractivity contribution < 1.29 is 0 Å². The Morgan fingerprint density at radius 1 is 1.33 bits per heavy atom. The Hall–Kier alpha value is -1.02. The fraction of sp³-hybridized carbons (Fsp3) is 0.417. The molecule has 15 heavy (non-hydrogen) atoms. The molecule has 0 aromatic carbocycles. The first-order chi connectivity index (χ1) is 6.89. The molecule has 3 heteroatoms.